The van der Waals surface area contributed by atoms with E-state index < -0.39 is 0 Å². The summed E-state index contributed by atoms with van der Waals surface area (Å²) in [6.07, 6.45) is 5.60. The topological polar surface area (TPSA) is 19.0 Å². The first-order chi connectivity index (χ1) is 4.97. The molecule has 1 aromatic heterocycles. The molecular formula is C8H11N2. The van der Waals surface area contributed by atoms with E-state index in [1.54, 1.807) is 0 Å². The van der Waals surface area contributed by atoms with Crippen LogP contribution in [0.1, 0.15) is 12.8 Å². The van der Waals surface area contributed by atoms with E-state index in [0.29, 0.717) is 0 Å². The van der Waals surface area contributed by atoms with Gasteiger partial charge in [-0.15, -0.1) is 0 Å². The highest BCUT2D eigenvalue weighted by Gasteiger charge is 2.11. The summed E-state index contributed by atoms with van der Waals surface area (Å²) in [5, 5.41) is 0. The Morgan fingerprint density at radius 3 is 2.80 bits per heavy atom. The van der Waals surface area contributed by atoms with Crippen LogP contribution in [-0.2, 0) is 0 Å². The molecule has 0 saturated carbocycles. The van der Waals surface area contributed by atoms with Gasteiger partial charge in [-0.05, 0) is 25.0 Å². The highest BCUT2D eigenvalue weighted by molar-refractivity contribution is 5.38. The number of aromatic nitrogens is 1. The first kappa shape index (κ1) is 5.83. The van der Waals surface area contributed by atoms with E-state index in [4.69, 9.17) is 0 Å². The lowest BCUT2D eigenvalue weighted by Crippen LogP contribution is -2.17. The maximum Gasteiger partial charge on any atom is 0.106 e. The van der Waals surface area contributed by atoms with Crippen molar-refractivity contribution in [1.82, 2.24) is 4.98 Å². The molecule has 10 heavy (non-hydrogen) atoms. The average Bonchev–Trinajstić information content (AvgIpc) is 2.59. The molecule has 0 unspecified atom stereocenters. The SMILES string of the molecule is [c]1ccc(N2CCCC2)[nH]1. The Morgan fingerprint density at radius 1 is 1.40 bits per heavy atom. The van der Waals surface area contributed by atoms with E-state index in [-0.39, 0.29) is 0 Å². The summed E-state index contributed by atoms with van der Waals surface area (Å²) >= 11 is 0. The van der Waals surface area contributed by atoms with Gasteiger partial charge in [-0.3, -0.25) is 0 Å². The zero-order valence-electron chi connectivity index (χ0n) is 5.93. The second kappa shape index (κ2) is 2.37. The van der Waals surface area contributed by atoms with E-state index >= 15 is 0 Å². The predicted molar refractivity (Wildman–Crippen MR) is 41.1 cm³/mol. The van der Waals surface area contributed by atoms with Crippen molar-refractivity contribution in [3.8, 4) is 0 Å². The molecule has 53 valence electrons. The molecule has 0 bridgehead atoms. The lowest BCUT2D eigenvalue weighted by atomic mass is 10.4. The molecule has 1 saturated heterocycles. The molecule has 2 rings (SSSR count). The molecular weight excluding hydrogens is 124 g/mol. The number of H-pyrrole nitrogens is 1. The lowest BCUT2D eigenvalue weighted by molar-refractivity contribution is 0.945. The fourth-order valence-corrected chi connectivity index (χ4v) is 1.42. The van der Waals surface area contributed by atoms with Crippen LogP contribution < -0.4 is 4.90 Å². The van der Waals surface area contributed by atoms with Crippen molar-refractivity contribution in [2.45, 2.75) is 12.8 Å². The molecule has 1 aromatic rings. The highest BCUT2D eigenvalue weighted by atomic mass is 15.2. The standard InChI is InChI=1S/C8H11N2/c1-2-7-10(6-1)8-4-3-5-9-8/h3-4,9H,1-2,6-7H2. The van der Waals surface area contributed by atoms with Gasteiger partial charge in [0.05, 0.1) is 6.20 Å². The number of aromatic amines is 1. The minimum Gasteiger partial charge on any atom is -0.358 e. The van der Waals surface area contributed by atoms with Gasteiger partial charge < -0.3 is 9.88 Å². The zero-order chi connectivity index (χ0) is 6.81. The highest BCUT2D eigenvalue weighted by Crippen LogP contribution is 2.16. The fourth-order valence-electron chi connectivity index (χ4n) is 1.42. The summed E-state index contributed by atoms with van der Waals surface area (Å²) in [5.74, 6) is 1.22. The van der Waals surface area contributed by atoms with Crippen LogP contribution >= 0.6 is 0 Å². The van der Waals surface area contributed by atoms with Crippen LogP contribution in [0.15, 0.2) is 12.1 Å². The van der Waals surface area contributed by atoms with Gasteiger partial charge in [-0.25, -0.2) is 0 Å². The fraction of sp³-hybridized carbons (Fsp3) is 0.500. The molecule has 2 heterocycles. The Morgan fingerprint density at radius 2 is 2.20 bits per heavy atom. The number of anilines is 1. The summed E-state index contributed by atoms with van der Waals surface area (Å²) in [7, 11) is 0. The molecule has 1 aliphatic heterocycles. The number of nitrogens with zero attached hydrogens (tertiary/aromatic N) is 1. The van der Waals surface area contributed by atoms with Crippen molar-refractivity contribution in [2.75, 3.05) is 18.0 Å². The third-order valence-electron chi connectivity index (χ3n) is 1.97. The van der Waals surface area contributed by atoms with Gasteiger partial charge in [0.15, 0.2) is 0 Å². The third-order valence-corrected chi connectivity index (χ3v) is 1.97. The minimum absolute atomic E-state index is 1.20. The molecule has 0 amide bonds. The second-order valence-corrected chi connectivity index (χ2v) is 2.68. The molecule has 1 fully saturated rings. The Kier molecular flexibility index (Phi) is 1.38. The van der Waals surface area contributed by atoms with Gasteiger partial charge in [0.2, 0.25) is 0 Å². The van der Waals surface area contributed by atoms with Crippen LogP contribution in [0.4, 0.5) is 5.82 Å². The molecule has 1 aliphatic rings. The molecule has 1 radical (unpaired) electrons. The second-order valence-electron chi connectivity index (χ2n) is 2.68. The van der Waals surface area contributed by atoms with Crippen molar-refractivity contribution in [3.05, 3.63) is 18.3 Å². The molecule has 2 nitrogen and oxygen atoms in total. The smallest absolute Gasteiger partial charge is 0.106 e. The van der Waals surface area contributed by atoms with E-state index in [2.05, 4.69) is 22.1 Å². The Hall–Kier alpha value is -0.920. The lowest BCUT2D eigenvalue weighted by Gasteiger charge is -2.13. The van der Waals surface area contributed by atoms with Crippen LogP contribution in [0, 0.1) is 6.20 Å². The monoisotopic (exact) mass is 135 g/mol. The predicted octanol–water partition coefficient (Wildman–Crippen LogP) is 1.42. The van der Waals surface area contributed by atoms with Crippen molar-refractivity contribution in [1.29, 1.82) is 0 Å². The summed E-state index contributed by atoms with van der Waals surface area (Å²) in [6, 6.07) is 4.00. The van der Waals surface area contributed by atoms with Crippen LogP contribution in [-0.4, -0.2) is 18.1 Å². The number of nitrogens with one attached hydrogen (secondary N) is 1. The molecule has 0 aliphatic carbocycles. The maximum atomic E-state index is 3.08. The third kappa shape index (κ3) is 0.897. The first-order valence-corrected chi connectivity index (χ1v) is 3.77. The van der Waals surface area contributed by atoms with Crippen molar-refractivity contribution >= 4 is 5.82 Å². The quantitative estimate of drug-likeness (QED) is 0.617. The van der Waals surface area contributed by atoms with Gasteiger partial charge >= 0.3 is 0 Å². The van der Waals surface area contributed by atoms with E-state index in [9.17, 15) is 0 Å². The maximum absolute atomic E-state index is 3.08. The zero-order valence-corrected chi connectivity index (χ0v) is 5.93. The van der Waals surface area contributed by atoms with Crippen molar-refractivity contribution in [2.24, 2.45) is 0 Å². The molecule has 2 heteroatoms. The Balaban J connectivity index is 2.12. The van der Waals surface area contributed by atoms with E-state index in [1.165, 1.54) is 31.7 Å². The normalized spacial score (nSPS) is 18.2. The Bertz CT molecular complexity index is 185. The number of hydrogen-bond donors (Lipinski definition) is 1. The van der Waals surface area contributed by atoms with Crippen molar-refractivity contribution in [3.63, 3.8) is 0 Å². The number of rotatable bonds is 1. The van der Waals surface area contributed by atoms with Gasteiger partial charge in [0, 0.05) is 13.1 Å². The summed E-state index contributed by atoms with van der Waals surface area (Å²) in [4.78, 5) is 5.44. The van der Waals surface area contributed by atoms with Gasteiger partial charge in [-0.2, -0.15) is 0 Å². The van der Waals surface area contributed by atoms with E-state index in [0.717, 1.165) is 0 Å². The van der Waals surface area contributed by atoms with Crippen LogP contribution in [0.25, 0.3) is 0 Å². The van der Waals surface area contributed by atoms with Crippen LogP contribution in [0.5, 0.6) is 0 Å². The molecule has 0 spiro atoms. The average molecular weight is 135 g/mol. The number of hydrogen-bond acceptors (Lipinski definition) is 1. The van der Waals surface area contributed by atoms with Crippen LogP contribution in [0.3, 0.4) is 0 Å². The van der Waals surface area contributed by atoms with Crippen molar-refractivity contribution < 1.29 is 0 Å². The molecule has 1 N–H and O–H groups in total. The largest absolute Gasteiger partial charge is 0.358 e. The van der Waals surface area contributed by atoms with Crippen LogP contribution in [0.2, 0.25) is 0 Å². The first-order valence-electron chi connectivity index (χ1n) is 3.77. The van der Waals surface area contributed by atoms with Gasteiger partial charge in [0.25, 0.3) is 0 Å². The van der Waals surface area contributed by atoms with Gasteiger partial charge in [-0.1, -0.05) is 0 Å². The summed E-state index contributed by atoms with van der Waals surface area (Å²) < 4.78 is 0. The summed E-state index contributed by atoms with van der Waals surface area (Å²) in [6.45, 7) is 2.41. The molecule has 0 atom stereocenters. The van der Waals surface area contributed by atoms with E-state index in [1.807, 2.05) is 6.07 Å². The summed E-state index contributed by atoms with van der Waals surface area (Å²) in [5.41, 5.74) is 0. The minimum atomic E-state index is 1.20. The Labute approximate surface area is 60.9 Å². The van der Waals surface area contributed by atoms with Gasteiger partial charge in [0.1, 0.15) is 5.82 Å². The molecule has 0 aromatic carbocycles.